The Balaban J connectivity index is 1.24. The van der Waals surface area contributed by atoms with Crippen LogP contribution in [0.2, 0.25) is 0 Å². The summed E-state index contributed by atoms with van der Waals surface area (Å²) in [6, 6.07) is 16.5. The maximum atomic E-state index is 14.0. The van der Waals surface area contributed by atoms with Crippen LogP contribution < -0.4 is 20.5 Å². The Hall–Kier alpha value is -3.10. The maximum absolute atomic E-state index is 14.0. The standard InChI is InChI=1S/C30H39N5O3/c1-38-27-8-4-5-22(17-27)20-35-29(37)34(26-11-9-23(10-12-26)25-18-31-32-19-25)21-30(35)13-15-33(16-14-30)28(36)24-6-2-3-7-24/h4-5,8-12,17,24-25,31-32H,2-3,6-7,13-16,18-21H2,1H3. The van der Waals surface area contributed by atoms with E-state index in [0.29, 0.717) is 38.0 Å². The molecular weight excluding hydrogens is 478 g/mol. The molecule has 0 radical (unpaired) electrons. The molecule has 1 spiro atoms. The first kappa shape index (κ1) is 25.2. The van der Waals surface area contributed by atoms with Crippen LogP contribution in [0, 0.1) is 5.92 Å². The zero-order chi connectivity index (χ0) is 26.1. The van der Waals surface area contributed by atoms with Gasteiger partial charge in [0.15, 0.2) is 0 Å². The third-order valence-electron chi connectivity index (χ3n) is 9.17. The highest BCUT2D eigenvalue weighted by molar-refractivity contribution is 5.95. The van der Waals surface area contributed by atoms with Crippen LogP contribution in [0.3, 0.4) is 0 Å². The van der Waals surface area contributed by atoms with Crippen molar-refractivity contribution in [2.45, 2.75) is 56.5 Å². The van der Waals surface area contributed by atoms with E-state index in [1.807, 2.05) is 23.1 Å². The first-order valence-corrected chi connectivity index (χ1v) is 14.1. The highest BCUT2D eigenvalue weighted by Crippen LogP contribution is 2.40. The van der Waals surface area contributed by atoms with Crippen LogP contribution in [0.25, 0.3) is 0 Å². The molecule has 202 valence electrons. The van der Waals surface area contributed by atoms with Gasteiger partial charge in [-0.15, -0.1) is 0 Å². The third kappa shape index (κ3) is 4.76. The number of likely N-dealkylation sites (tertiary alicyclic amines) is 1. The lowest BCUT2D eigenvalue weighted by molar-refractivity contribution is -0.137. The van der Waals surface area contributed by atoms with Gasteiger partial charge in [-0.3, -0.25) is 20.5 Å². The van der Waals surface area contributed by atoms with Crippen molar-refractivity contribution >= 4 is 17.6 Å². The van der Waals surface area contributed by atoms with Crippen LogP contribution in [-0.4, -0.2) is 67.1 Å². The molecule has 38 heavy (non-hydrogen) atoms. The van der Waals surface area contributed by atoms with E-state index in [0.717, 1.165) is 55.8 Å². The summed E-state index contributed by atoms with van der Waals surface area (Å²) < 4.78 is 5.45. The highest BCUT2D eigenvalue weighted by Gasteiger charge is 2.52. The number of ether oxygens (including phenoxy) is 1. The topological polar surface area (TPSA) is 77.2 Å². The molecule has 6 rings (SSSR count). The smallest absolute Gasteiger partial charge is 0.325 e. The van der Waals surface area contributed by atoms with E-state index in [2.05, 4.69) is 51.0 Å². The van der Waals surface area contributed by atoms with E-state index in [1.165, 1.54) is 18.4 Å². The summed E-state index contributed by atoms with van der Waals surface area (Å²) >= 11 is 0. The molecule has 4 fully saturated rings. The van der Waals surface area contributed by atoms with Crippen molar-refractivity contribution in [2.24, 2.45) is 5.92 Å². The van der Waals surface area contributed by atoms with Gasteiger partial charge in [0.1, 0.15) is 5.75 Å². The van der Waals surface area contributed by atoms with Gasteiger partial charge < -0.3 is 14.5 Å². The molecule has 8 heteroatoms. The van der Waals surface area contributed by atoms with E-state index in [9.17, 15) is 9.59 Å². The van der Waals surface area contributed by atoms with Crippen LogP contribution >= 0.6 is 0 Å². The highest BCUT2D eigenvalue weighted by atomic mass is 16.5. The fourth-order valence-electron chi connectivity index (χ4n) is 6.81. The summed E-state index contributed by atoms with van der Waals surface area (Å²) in [4.78, 5) is 33.3. The molecule has 1 saturated carbocycles. The molecule has 3 amide bonds. The third-order valence-corrected chi connectivity index (χ3v) is 9.17. The fourth-order valence-corrected chi connectivity index (χ4v) is 6.81. The van der Waals surface area contributed by atoms with Gasteiger partial charge in [-0.1, -0.05) is 37.1 Å². The average molecular weight is 518 g/mol. The number of hydrogen-bond acceptors (Lipinski definition) is 5. The van der Waals surface area contributed by atoms with Crippen LogP contribution in [0.15, 0.2) is 48.5 Å². The zero-order valence-corrected chi connectivity index (χ0v) is 22.3. The number of nitrogens with zero attached hydrogens (tertiary/aromatic N) is 3. The molecule has 3 heterocycles. The Morgan fingerprint density at radius 3 is 2.42 bits per heavy atom. The van der Waals surface area contributed by atoms with Gasteiger partial charge in [-0.2, -0.15) is 0 Å². The van der Waals surface area contributed by atoms with Gasteiger partial charge in [0.25, 0.3) is 0 Å². The van der Waals surface area contributed by atoms with Crippen LogP contribution in [-0.2, 0) is 11.3 Å². The summed E-state index contributed by atoms with van der Waals surface area (Å²) in [6.07, 6.45) is 5.98. The number of rotatable bonds is 6. The summed E-state index contributed by atoms with van der Waals surface area (Å²) in [7, 11) is 1.67. The molecule has 3 saturated heterocycles. The molecule has 2 N–H and O–H groups in total. The molecular formula is C30H39N5O3. The van der Waals surface area contributed by atoms with E-state index in [4.69, 9.17) is 4.74 Å². The number of carbonyl (C=O) groups is 2. The second kappa shape index (κ2) is 10.6. The van der Waals surface area contributed by atoms with Crippen molar-refractivity contribution < 1.29 is 14.3 Å². The molecule has 1 aliphatic carbocycles. The van der Waals surface area contributed by atoms with Crippen molar-refractivity contribution in [3.63, 3.8) is 0 Å². The minimum absolute atomic E-state index is 0.0420. The van der Waals surface area contributed by atoms with Gasteiger partial charge in [-0.05, 0) is 61.1 Å². The number of hydrogen-bond donors (Lipinski definition) is 2. The lowest BCUT2D eigenvalue weighted by atomic mass is 9.85. The van der Waals surface area contributed by atoms with E-state index < -0.39 is 0 Å². The molecule has 2 aromatic carbocycles. The lowest BCUT2D eigenvalue weighted by Crippen LogP contribution is -2.55. The molecule has 0 bridgehead atoms. The van der Waals surface area contributed by atoms with Crippen molar-refractivity contribution in [3.8, 4) is 5.75 Å². The van der Waals surface area contributed by atoms with E-state index in [-0.39, 0.29) is 17.5 Å². The number of piperidine rings is 1. The summed E-state index contributed by atoms with van der Waals surface area (Å²) in [5.41, 5.74) is 9.36. The van der Waals surface area contributed by atoms with Gasteiger partial charge in [-0.25, -0.2) is 4.79 Å². The Bertz CT molecular complexity index is 1150. The molecule has 0 unspecified atom stereocenters. The number of hydrazine groups is 1. The Kier molecular flexibility index (Phi) is 7.01. The molecule has 8 nitrogen and oxygen atoms in total. The molecule has 2 aromatic rings. The Morgan fingerprint density at radius 2 is 1.74 bits per heavy atom. The van der Waals surface area contributed by atoms with Crippen LogP contribution in [0.5, 0.6) is 5.75 Å². The molecule has 4 aliphatic rings. The monoisotopic (exact) mass is 517 g/mol. The Labute approximate surface area is 225 Å². The Morgan fingerprint density at radius 1 is 1.03 bits per heavy atom. The molecule has 3 aliphatic heterocycles. The molecule has 0 atom stereocenters. The van der Waals surface area contributed by atoms with Gasteiger partial charge in [0.2, 0.25) is 5.91 Å². The number of benzene rings is 2. The summed E-state index contributed by atoms with van der Waals surface area (Å²) in [5.74, 6) is 1.76. The normalized spacial score (nSPS) is 22.1. The van der Waals surface area contributed by atoms with Crippen molar-refractivity contribution in [3.05, 3.63) is 59.7 Å². The first-order chi connectivity index (χ1) is 18.6. The number of urea groups is 1. The van der Waals surface area contributed by atoms with Crippen molar-refractivity contribution in [1.82, 2.24) is 20.7 Å². The predicted molar refractivity (Wildman–Crippen MR) is 147 cm³/mol. The van der Waals surface area contributed by atoms with Gasteiger partial charge in [0.05, 0.1) is 19.2 Å². The van der Waals surface area contributed by atoms with Gasteiger partial charge >= 0.3 is 6.03 Å². The van der Waals surface area contributed by atoms with Crippen molar-refractivity contribution in [2.75, 3.05) is 44.7 Å². The molecule has 0 aromatic heterocycles. The number of anilines is 1. The van der Waals surface area contributed by atoms with E-state index >= 15 is 0 Å². The number of methoxy groups -OCH3 is 1. The maximum Gasteiger partial charge on any atom is 0.325 e. The fraction of sp³-hybridized carbons (Fsp3) is 0.533. The second-order valence-electron chi connectivity index (χ2n) is 11.4. The number of nitrogens with one attached hydrogen (secondary N) is 2. The number of amides is 3. The summed E-state index contributed by atoms with van der Waals surface area (Å²) in [6.45, 7) is 4.43. The zero-order valence-electron chi connectivity index (χ0n) is 22.3. The second-order valence-corrected chi connectivity index (χ2v) is 11.4. The van der Waals surface area contributed by atoms with Crippen LogP contribution in [0.4, 0.5) is 10.5 Å². The first-order valence-electron chi connectivity index (χ1n) is 14.1. The lowest BCUT2D eigenvalue weighted by Gasteiger charge is -2.44. The van der Waals surface area contributed by atoms with Crippen LogP contribution in [0.1, 0.15) is 55.6 Å². The SMILES string of the molecule is COc1cccc(CN2C(=O)N(c3ccc(C4CNNC4)cc3)CC23CCN(C(=O)C2CCCC2)CC3)c1. The average Bonchev–Trinajstić information content (AvgIpc) is 3.73. The number of carbonyl (C=O) groups excluding carboxylic acids is 2. The predicted octanol–water partition coefficient (Wildman–Crippen LogP) is 3.88. The minimum Gasteiger partial charge on any atom is -0.497 e. The minimum atomic E-state index is -0.301. The largest absolute Gasteiger partial charge is 0.497 e. The quantitative estimate of drug-likeness (QED) is 0.608. The summed E-state index contributed by atoms with van der Waals surface area (Å²) in [5, 5.41) is 0. The van der Waals surface area contributed by atoms with Crippen molar-refractivity contribution in [1.29, 1.82) is 0 Å². The van der Waals surface area contributed by atoms with E-state index in [1.54, 1.807) is 7.11 Å². The van der Waals surface area contributed by atoms with Gasteiger partial charge in [0, 0.05) is 50.2 Å².